The number of hydrogen-bond donors (Lipinski definition) is 1. The minimum atomic E-state index is -4.41. The van der Waals surface area contributed by atoms with E-state index in [2.05, 4.69) is 20.2 Å². The molecule has 1 aliphatic rings. The van der Waals surface area contributed by atoms with Gasteiger partial charge in [0, 0.05) is 51.6 Å². The van der Waals surface area contributed by atoms with Gasteiger partial charge in [0.25, 0.3) is 0 Å². The van der Waals surface area contributed by atoms with Crippen molar-refractivity contribution in [1.82, 2.24) is 15.2 Å². The molecule has 1 aliphatic heterocycles. The van der Waals surface area contributed by atoms with Crippen LogP contribution < -0.4 is 10.2 Å². The van der Waals surface area contributed by atoms with Gasteiger partial charge in [-0.1, -0.05) is 12.1 Å². The molecule has 160 valence electrons. The summed E-state index contributed by atoms with van der Waals surface area (Å²) in [4.78, 5) is 11.9. The van der Waals surface area contributed by atoms with Gasteiger partial charge in [0.2, 0.25) is 0 Å². The van der Waals surface area contributed by atoms with Crippen LogP contribution in [0.25, 0.3) is 0 Å². The number of nitrogens with one attached hydrogen (secondary N) is 1. The Morgan fingerprint density at radius 2 is 1.90 bits per heavy atom. The number of guanidine groups is 1. The van der Waals surface area contributed by atoms with Gasteiger partial charge < -0.3 is 15.1 Å². The summed E-state index contributed by atoms with van der Waals surface area (Å²) in [5.41, 5.74) is -0.254. The Hall–Kier alpha value is -1.63. The molecule has 1 fully saturated rings. The summed E-state index contributed by atoms with van der Waals surface area (Å²) in [6.07, 6.45) is -4.02. The third-order valence-electron chi connectivity index (χ3n) is 4.45. The highest BCUT2D eigenvalue weighted by Crippen LogP contribution is 2.30. The second kappa shape index (κ2) is 10.4. The average Bonchev–Trinajstić information content (AvgIpc) is 3.15. The number of piperazine rings is 1. The van der Waals surface area contributed by atoms with Gasteiger partial charge >= 0.3 is 6.18 Å². The van der Waals surface area contributed by atoms with Gasteiger partial charge in [-0.05, 0) is 12.1 Å². The van der Waals surface area contributed by atoms with Gasteiger partial charge in [0.05, 0.1) is 10.7 Å². The van der Waals surface area contributed by atoms with Crippen molar-refractivity contribution in [3.63, 3.8) is 0 Å². The summed E-state index contributed by atoms with van der Waals surface area (Å²) in [7, 11) is 1.66. The lowest BCUT2D eigenvalue weighted by Crippen LogP contribution is -2.53. The Balaban J connectivity index is 0.00000300. The number of aromatic nitrogens is 1. The first kappa shape index (κ1) is 23.6. The highest BCUT2D eigenvalue weighted by molar-refractivity contribution is 14.0. The predicted molar refractivity (Wildman–Crippen MR) is 118 cm³/mol. The first-order valence-electron chi connectivity index (χ1n) is 8.85. The van der Waals surface area contributed by atoms with Crippen molar-refractivity contribution in [2.24, 2.45) is 4.99 Å². The van der Waals surface area contributed by atoms with Crippen LogP contribution in [0.15, 0.2) is 34.6 Å². The third-order valence-corrected chi connectivity index (χ3v) is 5.36. The Labute approximate surface area is 187 Å². The minimum Gasteiger partial charge on any atom is -0.366 e. The standard InChI is InChI=1S/C18H21F4N5S.HI/c1-23-17(24-7-6-16-25-15(12-28-16)18(20,21)22)27-10-8-26(9-11-27)14-5-3-2-4-13(14)19;/h2-5,12H,6-11H2,1H3,(H,23,24);1H. The summed E-state index contributed by atoms with van der Waals surface area (Å²) in [6.45, 7) is 3.09. The van der Waals surface area contributed by atoms with Crippen molar-refractivity contribution in [3.8, 4) is 0 Å². The molecule has 0 saturated carbocycles. The SMILES string of the molecule is CN=C(NCCc1nc(C(F)(F)F)cs1)N1CCN(c2ccccc2F)CC1.I. The first-order valence-corrected chi connectivity index (χ1v) is 9.73. The first-order chi connectivity index (χ1) is 13.4. The van der Waals surface area contributed by atoms with E-state index in [1.807, 2.05) is 11.0 Å². The zero-order chi connectivity index (χ0) is 20.1. The molecule has 0 spiro atoms. The number of nitrogens with zero attached hydrogens (tertiary/aromatic N) is 4. The molecule has 2 heterocycles. The molecule has 5 nitrogen and oxygen atoms in total. The smallest absolute Gasteiger partial charge is 0.366 e. The van der Waals surface area contributed by atoms with Gasteiger partial charge in [-0.25, -0.2) is 9.37 Å². The molecule has 1 saturated heterocycles. The van der Waals surface area contributed by atoms with Crippen molar-refractivity contribution >= 4 is 47.0 Å². The molecule has 0 atom stereocenters. The molecule has 0 unspecified atom stereocenters. The van der Waals surface area contributed by atoms with Crippen LogP contribution >= 0.6 is 35.3 Å². The molecule has 11 heteroatoms. The van der Waals surface area contributed by atoms with E-state index >= 15 is 0 Å². The maximum Gasteiger partial charge on any atom is 0.434 e. The molecule has 0 radical (unpaired) electrons. The van der Waals surface area contributed by atoms with E-state index in [1.54, 1.807) is 19.2 Å². The number of rotatable bonds is 4. The summed E-state index contributed by atoms with van der Waals surface area (Å²) in [5.74, 6) is 0.445. The zero-order valence-electron chi connectivity index (χ0n) is 15.7. The van der Waals surface area contributed by atoms with Crippen molar-refractivity contribution in [3.05, 3.63) is 46.2 Å². The fourth-order valence-electron chi connectivity index (χ4n) is 3.04. The van der Waals surface area contributed by atoms with E-state index in [4.69, 9.17) is 0 Å². The van der Waals surface area contributed by atoms with Crippen LogP contribution in [0.4, 0.5) is 23.2 Å². The average molecular weight is 543 g/mol. The molecular formula is C18H22F4IN5S. The highest BCUT2D eigenvalue weighted by atomic mass is 127. The Bertz CT molecular complexity index is 819. The van der Waals surface area contributed by atoms with E-state index in [1.165, 1.54) is 6.07 Å². The number of anilines is 1. The van der Waals surface area contributed by atoms with Crippen LogP contribution in [0, 0.1) is 5.82 Å². The molecule has 1 aromatic carbocycles. The molecule has 2 aromatic rings. The summed E-state index contributed by atoms with van der Waals surface area (Å²) < 4.78 is 51.7. The topological polar surface area (TPSA) is 43.8 Å². The summed E-state index contributed by atoms with van der Waals surface area (Å²) in [5, 5.41) is 4.63. The summed E-state index contributed by atoms with van der Waals surface area (Å²) >= 11 is 1.00. The van der Waals surface area contributed by atoms with Crippen LogP contribution in [0.3, 0.4) is 0 Å². The number of aliphatic imine (C=N–C) groups is 1. The van der Waals surface area contributed by atoms with E-state index in [0.717, 1.165) is 16.7 Å². The fourth-order valence-corrected chi connectivity index (χ4v) is 3.84. The molecule has 1 N–H and O–H groups in total. The lowest BCUT2D eigenvalue weighted by atomic mass is 10.2. The second-order valence-electron chi connectivity index (χ2n) is 6.27. The largest absolute Gasteiger partial charge is 0.434 e. The van der Waals surface area contributed by atoms with E-state index in [9.17, 15) is 17.6 Å². The molecule has 29 heavy (non-hydrogen) atoms. The van der Waals surface area contributed by atoms with Gasteiger partial charge in [0.15, 0.2) is 11.7 Å². The number of hydrogen-bond acceptors (Lipinski definition) is 4. The quantitative estimate of drug-likeness (QED) is 0.276. The Morgan fingerprint density at radius 3 is 2.48 bits per heavy atom. The van der Waals surface area contributed by atoms with Crippen LogP contribution in [-0.2, 0) is 12.6 Å². The molecular weight excluding hydrogens is 521 g/mol. The van der Waals surface area contributed by atoms with Crippen molar-refractivity contribution in [2.75, 3.05) is 44.7 Å². The maximum atomic E-state index is 13.9. The molecule has 0 amide bonds. The van der Waals surface area contributed by atoms with Crippen LogP contribution in [0.5, 0.6) is 0 Å². The normalized spacial score (nSPS) is 15.3. The fraction of sp³-hybridized carbons (Fsp3) is 0.444. The predicted octanol–water partition coefficient (Wildman–Crippen LogP) is 3.86. The maximum absolute atomic E-state index is 13.9. The van der Waals surface area contributed by atoms with E-state index < -0.39 is 11.9 Å². The third kappa shape index (κ3) is 6.17. The lowest BCUT2D eigenvalue weighted by Gasteiger charge is -2.37. The van der Waals surface area contributed by atoms with E-state index in [0.29, 0.717) is 55.8 Å². The number of thiazole rings is 1. The Morgan fingerprint density at radius 1 is 1.21 bits per heavy atom. The van der Waals surface area contributed by atoms with Crippen molar-refractivity contribution in [1.29, 1.82) is 0 Å². The zero-order valence-corrected chi connectivity index (χ0v) is 18.9. The van der Waals surface area contributed by atoms with Crippen LogP contribution in [0.2, 0.25) is 0 Å². The van der Waals surface area contributed by atoms with Crippen LogP contribution in [-0.4, -0.2) is 55.6 Å². The van der Waals surface area contributed by atoms with Crippen LogP contribution in [0.1, 0.15) is 10.7 Å². The van der Waals surface area contributed by atoms with Crippen molar-refractivity contribution < 1.29 is 17.6 Å². The molecule has 0 bridgehead atoms. The minimum absolute atomic E-state index is 0. The van der Waals surface area contributed by atoms with Gasteiger partial charge in [-0.3, -0.25) is 4.99 Å². The highest BCUT2D eigenvalue weighted by Gasteiger charge is 2.33. The summed E-state index contributed by atoms with van der Waals surface area (Å²) in [6, 6.07) is 6.70. The Kier molecular flexibility index (Phi) is 8.49. The van der Waals surface area contributed by atoms with E-state index in [-0.39, 0.29) is 29.8 Å². The van der Waals surface area contributed by atoms with Gasteiger partial charge in [-0.15, -0.1) is 35.3 Å². The van der Waals surface area contributed by atoms with Crippen molar-refractivity contribution in [2.45, 2.75) is 12.6 Å². The monoisotopic (exact) mass is 543 g/mol. The number of halogens is 5. The second-order valence-corrected chi connectivity index (χ2v) is 7.22. The van der Waals surface area contributed by atoms with Gasteiger partial charge in [-0.2, -0.15) is 13.2 Å². The number of benzene rings is 1. The van der Waals surface area contributed by atoms with Gasteiger partial charge in [0.1, 0.15) is 5.82 Å². The lowest BCUT2D eigenvalue weighted by molar-refractivity contribution is -0.140. The number of para-hydroxylation sites is 1. The number of alkyl halides is 3. The molecule has 0 aliphatic carbocycles. The molecule has 1 aromatic heterocycles. The molecule has 3 rings (SSSR count).